The molecule has 0 aliphatic rings. The van der Waals surface area contributed by atoms with Crippen LogP contribution in [0.1, 0.15) is 139 Å². The van der Waals surface area contributed by atoms with E-state index in [4.69, 9.17) is 44.1 Å². The second-order valence-corrected chi connectivity index (χ2v) is 18.9. The summed E-state index contributed by atoms with van der Waals surface area (Å²) in [7, 11) is 0. The maximum Gasteiger partial charge on any atom is 0.407 e. The van der Waals surface area contributed by atoms with Gasteiger partial charge in [0.1, 0.15) is 25.3 Å². The smallest absolute Gasteiger partial charge is 0.407 e. The van der Waals surface area contributed by atoms with Crippen molar-refractivity contribution < 1.29 is 38.2 Å². The van der Waals surface area contributed by atoms with Crippen LogP contribution >= 0.6 is 23.2 Å². The van der Waals surface area contributed by atoms with Gasteiger partial charge in [0.2, 0.25) is 23.6 Å². The summed E-state index contributed by atoms with van der Waals surface area (Å²) < 4.78 is 10.5. The molecule has 0 aliphatic carbocycles. The van der Waals surface area contributed by atoms with E-state index >= 15 is 0 Å². The van der Waals surface area contributed by atoms with Crippen LogP contribution in [-0.2, 0) is 48.3 Å². The summed E-state index contributed by atoms with van der Waals surface area (Å²) >= 11 is 12.3. The van der Waals surface area contributed by atoms with Crippen LogP contribution in [0.2, 0.25) is 10.0 Å². The Labute approximate surface area is 436 Å². The molecule has 18 heteroatoms. The number of hydrogen-bond acceptors (Lipinski definition) is 10. The van der Waals surface area contributed by atoms with E-state index in [2.05, 4.69) is 38.8 Å². The van der Waals surface area contributed by atoms with Gasteiger partial charge in [0.15, 0.2) is 0 Å². The Morgan fingerprint density at radius 1 is 0.458 bits per heavy atom. The van der Waals surface area contributed by atoms with Gasteiger partial charge in [0.05, 0.1) is 12.1 Å². The van der Waals surface area contributed by atoms with Crippen LogP contribution in [0.4, 0.5) is 9.59 Å². The number of carbonyl (C=O) groups excluding carboxylic acids is 6. The minimum absolute atomic E-state index is 0.0257. The quantitative estimate of drug-likeness (QED) is 0.0257. The molecule has 4 atom stereocenters. The minimum atomic E-state index is -1.03. The molecule has 6 amide bonds. The molecule has 16 nitrogen and oxygen atoms in total. The van der Waals surface area contributed by atoms with Crippen LogP contribution < -0.4 is 43.4 Å². The molecule has 3 rings (SSSR count). The fourth-order valence-electron chi connectivity index (χ4n) is 7.72. The highest BCUT2D eigenvalue weighted by molar-refractivity contribution is 6.31. The van der Waals surface area contributed by atoms with Gasteiger partial charge in [-0.2, -0.15) is 0 Å². The van der Waals surface area contributed by atoms with Gasteiger partial charge in [-0.05, 0) is 75.5 Å². The first-order chi connectivity index (χ1) is 34.9. The minimum Gasteiger partial charge on any atom is -0.445 e. The lowest BCUT2D eigenvalue weighted by molar-refractivity contribution is -0.132. The third-order valence-electron chi connectivity index (χ3n) is 12.1. The Morgan fingerprint density at radius 2 is 0.889 bits per heavy atom. The van der Waals surface area contributed by atoms with E-state index < -0.39 is 48.2 Å². The van der Waals surface area contributed by atoms with E-state index in [0.717, 1.165) is 24.8 Å². The predicted octanol–water partition coefficient (Wildman–Crippen LogP) is 8.29. The number of benzene rings is 3. The first kappa shape index (κ1) is 60.9. The van der Waals surface area contributed by atoms with E-state index in [0.29, 0.717) is 72.8 Å². The Bertz CT molecular complexity index is 2050. The molecular formula is C54H80Cl2N8O8. The molecule has 72 heavy (non-hydrogen) atoms. The third kappa shape index (κ3) is 26.9. The van der Waals surface area contributed by atoms with Crippen LogP contribution in [0.3, 0.4) is 0 Å². The van der Waals surface area contributed by atoms with Crippen molar-refractivity contribution in [2.45, 2.75) is 166 Å². The number of unbranched alkanes of at least 4 members (excludes halogenated alkanes) is 11. The zero-order valence-electron chi connectivity index (χ0n) is 42.2. The van der Waals surface area contributed by atoms with Gasteiger partial charge in [-0.25, -0.2) is 9.59 Å². The number of nitrogens with one attached hydrogen (secondary N) is 6. The second kappa shape index (κ2) is 37.3. The van der Waals surface area contributed by atoms with Crippen molar-refractivity contribution in [1.82, 2.24) is 31.9 Å². The summed E-state index contributed by atoms with van der Waals surface area (Å²) in [5.74, 6) is -1.73. The van der Waals surface area contributed by atoms with E-state index in [1.54, 1.807) is 48.5 Å². The monoisotopic (exact) mass is 1040 g/mol. The van der Waals surface area contributed by atoms with E-state index in [1.807, 2.05) is 30.3 Å². The van der Waals surface area contributed by atoms with E-state index in [-0.39, 0.29) is 57.4 Å². The van der Waals surface area contributed by atoms with Gasteiger partial charge in [-0.15, -0.1) is 0 Å². The number of halogens is 2. The van der Waals surface area contributed by atoms with E-state index in [9.17, 15) is 28.8 Å². The van der Waals surface area contributed by atoms with Gasteiger partial charge in [0.25, 0.3) is 0 Å². The molecule has 398 valence electrons. The lowest BCUT2D eigenvalue weighted by atomic mass is 10.0. The SMILES string of the molecule is CCCCCCCCCCCCNC(=O)[C@H](Cc1ccccc1)NC(=O)[C@H](CCCCNC(=O)[C@@H](N)CCCNC(=O)OCc1ccccc1Cl)NC(=O)[C@@H](N)CCCCNC(=O)OCc1ccccc1Cl. The third-order valence-corrected chi connectivity index (χ3v) is 12.8. The second-order valence-electron chi connectivity index (χ2n) is 18.1. The first-order valence-corrected chi connectivity index (χ1v) is 26.6. The number of amides is 6. The van der Waals surface area contributed by atoms with Crippen molar-refractivity contribution in [3.8, 4) is 0 Å². The average Bonchev–Trinajstić information content (AvgIpc) is 3.37. The number of alkyl carbamates (subject to hydrolysis) is 2. The molecule has 0 aromatic heterocycles. The van der Waals surface area contributed by atoms with Crippen LogP contribution in [0, 0.1) is 0 Å². The van der Waals surface area contributed by atoms with Gasteiger partial charge in [-0.1, -0.05) is 155 Å². The first-order valence-electron chi connectivity index (χ1n) is 25.9. The number of rotatable bonds is 37. The van der Waals surface area contributed by atoms with Gasteiger partial charge >= 0.3 is 12.2 Å². The number of nitrogens with two attached hydrogens (primary N) is 2. The summed E-state index contributed by atoms with van der Waals surface area (Å²) in [6.07, 6.45) is 13.9. The molecule has 0 aliphatic heterocycles. The van der Waals surface area contributed by atoms with Crippen LogP contribution in [0.25, 0.3) is 0 Å². The Morgan fingerprint density at radius 3 is 1.46 bits per heavy atom. The van der Waals surface area contributed by atoms with E-state index in [1.165, 1.54) is 44.9 Å². The molecule has 0 saturated heterocycles. The zero-order valence-corrected chi connectivity index (χ0v) is 43.7. The molecule has 0 unspecified atom stereocenters. The lowest BCUT2D eigenvalue weighted by Crippen LogP contribution is -2.56. The predicted molar refractivity (Wildman–Crippen MR) is 284 cm³/mol. The normalized spacial score (nSPS) is 12.6. The summed E-state index contributed by atoms with van der Waals surface area (Å²) in [5, 5.41) is 17.9. The fourth-order valence-corrected chi connectivity index (χ4v) is 8.10. The van der Waals surface area contributed by atoms with Crippen molar-refractivity contribution in [2.75, 3.05) is 26.2 Å². The molecular weight excluding hydrogens is 960 g/mol. The highest BCUT2D eigenvalue weighted by atomic mass is 35.5. The van der Waals surface area contributed by atoms with Crippen LogP contribution in [-0.4, -0.2) is 86.2 Å². The van der Waals surface area contributed by atoms with Gasteiger partial charge in [0, 0.05) is 53.8 Å². The fraction of sp³-hybridized carbons (Fsp3) is 0.556. The molecule has 0 radical (unpaired) electrons. The molecule has 10 N–H and O–H groups in total. The van der Waals surface area contributed by atoms with Crippen molar-refractivity contribution in [3.63, 3.8) is 0 Å². The highest BCUT2D eigenvalue weighted by Gasteiger charge is 2.28. The van der Waals surface area contributed by atoms with Crippen molar-refractivity contribution in [3.05, 3.63) is 106 Å². The summed E-state index contributed by atoms with van der Waals surface area (Å²) in [6.45, 7) is 3.57. The van der Waals surface area contributed by atoms with Gasteiger partial charge < -0.3 is 52.8 Å². The molecule has 0 spiro atoms. The zero-order chi connectivity index (χ0) is 52.2. The standard InChI is InChI=1S/C54H80Cl2N8O8/c1-2-3-4-5-6-7-8-9-10-20-33-60-51(67)48(37-40-24-12-11-13-25-40)64-52(68)47(63-50(66)46(58)30-18-21-35-61-53(69)71-38-41-26-14-16-28-43(41)55)32-19-22-34-59-49(65)45(57)31-23-36-62-54(70)72-39-42-27-15-17-29-44(42)56/h11-17,24-29,45-48H,2-10,18-23,30-39,57-58H2,1H3,(H,59,65)(H,60,67)(H,61,69)(H,62,70)(H,63,66)(H,64,68)/t45-,46-,47-,48-/m0/s1. The Balaban J connectivity index is 1.51. The lowest BCUT2D eigenvalue weighted by Gasteiger charge is -2.24. The summed E-state index contributed by atoms with van der Waals surface area (Å²) in [6, 6.07) is 19.8. The molecule has 0 fully saturated rings. The Kier molecular flexibility index (Phi) is 31.6. The molecule has 0 saturated carbocycles. The summed E-state index contributed by atoms with van der Waals surface area (Å²) in [5.41, 5.74) is 14.7. The van der Waals surface area contributed by atoms with Gasteiger partial charge in [-0.3, -0.25) is 19.2 Å². The molecule has 3 aromatic rings. The highest BCUT2D eigenvalue weighted by Crippen LogP contribution is 2.17. The van der Waals surface area contributed by atoms with Crippen molar-refractivity contribution >= 4 is 59.0 Å². The van der Waals surface area contributed by atoms with Crippen molar-refractivity contribution in [1.29, 1.82) is 0 Å². The van der Waals surface area contributed by atoms with Crippen molar-refractivity contribution in [2.24, 2.45) is 11.5 Å². The number of carbonyl (C=O) groups is 6. The average molecular weight is 1040 g/mol. The van der Waals surface area contributed by atoms with Crippen LogP contribution in [0.5, 0.6) is 0 Å². The number of ether oxygens (including phenoxy) is 2. The van der Waals surface area contributed by atoms with Crippen LogP contribution in [0.15, 0.2) is 78.9 Å². The topological polar surface area (TPSA) is 245 Å². The molecule has 0 bridgehead atoms. The summed E-state index contributed by atoms with van der Waals surface area (Å²) in [4.78, 5) is 78.5. The maximum absolute atomic E-state index is 14.1. The Hall–Kier alpha value is -5.42. The maximum atomic E-state index is 14.1. The molecule has 0 heterocycles. The number of hydrogen-bond donors (Lipinski definition) is 8. The molecule has 3 aromatic carbocycles. The largest absolute Gasteiger partial charge is 0.445 e.